The fraction of sp³-hybridized carbons (Fsp3) is 0.955. The molecule has 2 heterocycles. The molecule has 0 atom stereocenters. The van der Waals surface area contributed by atoms with E-state index in [-0.39, 0.29) is 18.1 Å². The van der Waals surface area contributed by atoms with Gasteiger partial charge in [0.15, 0.2) is 0 Å². The van der Waals surface area contributed by atoms with Crippen molar-refractivity contribution < 1.29 is 19.9 Å². The molecule has 2 amide bonds. The van der Waals surface area contributed by atoms with Gasteiger partial charge in [0, 0.05) is 47.9 Å². The highest BCUT2D eigenvalue weighted by atomic mass is 16.5. The normalized spacial score (nSPS) is 27.0. The fourth-order valence-corrected chi connectivity index (χ4v) is 5.71. The molecule has 176 valence electrons. The molecule has 0 saturated carbocycles. The Kier molecular flexibility index (Phi) is 7.21. The van der Waals surface area contributed by atoms with E-state index in [1.165, 1.54) is 10.1 Å². The predicted octanol–water partition coefficient (Wildman–Crippen LogP) is 3.47. The predicted molar refractivity (Wildman–Crippen MR) is 117 cm³/mol. The Morgan fingerprint density at radius 1 is 0.900 bits per heavy atom. The molecule has 2 rings (SSSR count). The molecule has 0 aromatic carbocycles. The van der Waals surface area contributed by atoms with Gasteiger partial charge in [0.05, 0.1) is 6.61 Å². The fourth-order valence-electron chi connectivity index (χ4n) is 5.71. The molecule has 0 aromatic rings. The van der Waals surface area contributed by atoms with Crippen molar-refractivity contribution in [3.63, 3.8) is 0 Å². The van der Waals surface area contributed by atoms with Gasteiger partial charge in [-0.05, 0) is 81.1 Å². The number of carbonyl (C=O) groups is 1. The number of hydroxylamine groups is 4. The Balaban J connectivity index is 2.20. The molecule has 0 spiro atoms. The highest BCUT2D eigenvalue weighted by Crippen LogP contribution is 2.39. The number of amides is 2. The minimum absolute atomic E-state index is 0.00694. The first-order chi connectivity index (χ1) is 13.5. The van der Waals surface area contributed by atoms with Crippen LogP contribution < -0.4 is 5.32 Å². The molecule has 3 N–H and O–H groups in total. The number of hydrogen-bond donors (Lipinski definition) is 3. The molecule has 0 radical (unpaired) electrons. The van der Waals surface area contributed by atoms with E-state index in [2.05, 4.69) is 5.32 Å². The average molecular weight is 429 g/mol. The van der Waals surface area contributed by atoms with E-state index in [4.69, 9.17) is 4.74 Å². The monoisotopic (exact) mass is 428 g/mol. The van der Waals surface area contributed by atoms with Crippen molar-refractivity contribution >= 4 is 6.03 Å². The lowest BCUT2D eigenvalue weighted by Crippen LogP contribution is -2.66. The maximum atomic E-state index is 13.4. The summed E-state index contributed by atoms with van der Waals surface area (Å²) >= 11 is 0. The molecule has 2 aliphatic heterocycles. The molecular weight excluding hydrogens is 384 g/mol. The topological polar surface area (TPSA) is 88.5 Å². The molecule has 0 unspecified atom stereocenters. The van der Waals surface area contributed by atoms with Gasteiger partial charge in [-0.2, -0.15) is 10.1 Å². The summed E-state index contributed by atoms with van der Waals surface area (Å²) in [4.78, 5) is 15.3. The van der Waals surface area contributed by atoms with Gasteiger partial charge in [-0.25, -0.2) is 4.79 Å². The second-order valence-electron chi connectivity index (χ2n) is 11.7. The first-order valence-corrected chi connectivity index (χ1v) is 11.1. The number of rotatable bonds is 5. The number of carbonyl (C=O) groups excluding carboxylic acids is 1. The minimum atomic E-state index is -0.440. The molecule has 2 fully saturated rings. The van der Waals surface area contributed by atoms with Crippen molar-refractivity contribution in [2.45, 2.75) is 115 Å². The summed E-state index contributed by atoms with van der Waals surface area (Å²) < 4.78 is 5.29. The summed E-state index contributed by atoms with van der Waals surface area (Å²) in [6.45, 7) is 17.0. The number of ether oxygens (including phenoxy) is 1. The third-order valence-corrected chi connectivity index (χ3v) is 6.82. The van der Waals surface area contributed by atoms with Gasteiger partial charge < -0.3 is 25.4 Å². The van der Waals surface area contributed by atoms with Crippen LogP contribution in [0.15, 0.2) is 0 Å². The molecule has 0 bridgehead atoms. The van der Waals surface area contributed by atoms with Gasteiger partial charge in [-0.15, -0.1) is 0 Å². The molecule has 30 heavy (non-hydrogen) atoms. The van der Waals surface area contributed by atoms with Crippen molar-refractivity contribution in [2.24, 2.45) is 0 Å². The van der Waals surface area contributed by atoms with E-state index in [0.29, 0.717) is 38.8 Å². The van der Waals surface area contributed by atoms with Crippen LogP contribution in [0, 0.1) is 0 Å². The van der Waals surface area contributed by atoms with Crippen molar-refractivity contribution in [1.29, 1.82) is 0 Å². The minimum Gasteiger partial charge on any atom is -0.383 e. The van der Waals surface area contributed by atoms with Crippen molar-refractivity contribution in [3.8, 4) is 0 Å². The van der Waals surface area contributed by atoms with Crippen LogP contribution in [0.3, 0.4) is 0 Å². The molecule has 8 heteroatoms. The second kappa shape index (κ2) is 8.54. The molecule has 2 aliphatic rings. The van der Waals surface area contributed by atoms with Gasteiger partial charge in [-0.1, -0.05) is 0 Å². The van der Waals surface area contributed by atoms with Gasteiger partial charge >= 0.3 is 6.03 Å². The van der Waals surface area contributed by atoms with E-state index in [1.807, 2.05) is 60.3 Å². The maximum absolute atomic E-state index is 13.4. The smallest absolute Gasteiger partial charge is 0.317 e. The zero-order valence-corrected chi connectivity index (χ0v) is 20.4. The number of piperidine rings is 2. The standard InChI is InChI=1S/C22H44N4O4/c1-19(2)12-16(13-20(3,4)25(19)28)23-18(27)24(10-11-30-9)17-14-21(5,6)26(29)22(7,8)15-17/h16-17,28-29H,10-15H2,1-9H3,(H,23,27). The summed E-state index contributed by atoms with van der Waals surface area (Å²) in [7, 11) is 1.64. The van der Waals surface area contributed by atoms with Gasteiger partial charge in [-0.3, -0.25) is 0 Å². The van der Waals surface area contributed by atoms with Crippen LogP contribution >= 0.6 is 0 Å². The van der Waals surface area contributed by atoms with Crippen LogP contribution in [0.1, 0.15) is 81.1 Å². The van der Waals surface area contributed by atoms with Gasteiger partial charge in [0.25, 0.3) is 0 Å². The Labute approximate surface area is 182 Å². The highest BCUT2D eigenvalue weighted by Gasteiger charge is 2.49. The van der Waals surface area contributed by atoms with Crippen LogP contribution in [0.4, 0.5) is 4.79 Å². The van der Waals surface area contributed by atoms with E-state index in [9.17, 15) is 15.2 Å². The molecule has 2 saturated heterocycles. The molecular formula is C22H44N4O4. The SMILES string of the molecule is COCCN(C(=O)NC1CC(C)(C)N(O)C(C)(C)C1)C1CC(C)(C)N(O)C(C)(C)C1. The van der Waals surface area contributed by atoms with Crippen LogP contribution in [0.5, 0.6) is 0 Å². The second-order valence-corrected chi connectivity index (χ2v) is 11.7. The molecule has 8 nitrogen and oxygen atoms in total. The van der Waals surface area contributed by atoms with Crippen LogP contribution in [0.25, 0.3) is 0 Å². The Morgan fingerprint density at radius 2 is 1.30 bits per heavy atom. The number of nitrogens with zero attached hydrogens (tertiary/aromatic N) is 3. The molecule has 0 aliphatic carbocycles. The van der Waals surface area contributed by atoms with Crippen molar-refractivity contribution in [3.05, 3.63) is 0 Å². The number of nitrogens with one attached hydrogen (secondary N) is 1. The van der Waals surface area contributed by atoms with Crippen LogP contribution in [0.2, 0.25) is 0 Å². The summed E-state index contributed by atoms with van der Waals surface area (Å²) in [5.41, 5.74) is -1.74. The Bertz CT molecular complexity index is 584. The Hall–Kier alpha value is -0.930. The van der Waals surface area contributed by atoms with E-state index >= 15 is 0 Å². The summed E-state index contributed by atoms with van der Waals surface area (Å²) in [6, 6.07) is -0.138. The van der Waals surface area contributed by atoms with Crippen LogP contribution in [-0.2, 0) is 4.74 Å². The van der Waals surface area contributed by atoms with E-state index in [0.717, 1.165) is 0 Å². The number of methoxy groups -OCH3 is 1. The first-order valence-electron chi connectivity index (χ1n) is 11.1. The zero-order valence-electron chi connectivity index (χ0n) is 20.4. The Morgan fingerprint density at radius 3 is 1.70 bits per heavy atom. The largest absolute Gasteiger partial charge is 0.383 e. The lowest BCUT2D eigenvalue weighted by Gasteiger charge is -2.54. The lowest BCUT2D eigenvalue weighted by atomic mass is 9.78. The van der Waals surface area contributed by atoms with Crippen molar-refractivity contribution in [1.82, 2.24) is 20.3 Å². The lowest BCUT2D eigenvalue weighted by molar-refractivity contribution is -0.250. The zero-order chi connectivity index (χ0) is 23.1. The highest BCUT2D eigenvalue weighted by molar-refractivity contribution is 5.75. The van der Waals surface area contributed by atoms with E-state index < -0.39 is 22.2 Å². The summed E-state index contributed by atoms with van der Waals surface area (Å²) in [6.07, 6.45) is 2.69. The summed E-state index contributed by atoms with van der Waals surface area (Å²) in [5.74, 6) is 0. The number of urea groups is 1. The van der Waals surface area contributed by atoms with Gasteiger partial charge in [0.2, 0.25) is 0 Å². The average Bonchev–Trinajstić information content (AvgIpc) is 2.57. The van der Waals surface area contributed by atoms with E-state index in [1.54, 1.807) is 7.11 Å². The van der Waals surface area contributed by atoms with Crippen molar-refractivity contribution in [2.75, 3.05) is 20.3 Å². The summed E-state index contributed by atoms with van der Waals surface area (Å²) in [5, 5.41) is 27.3. The number of hydrogen-bond acceptors (Lipinski definition) is 6. The first kappa shape index (κ1) is 25.3. The third-order valence-electron chi connectivity index (χ3n) is 6.82. The molecule has 0 aromatic heterocycles. The van der Waals surface area contributed by atoms with Gasteiger partial charge in [0.1, 0.15) is 0 Å². The van der Waals surface area contributed by atoms with Crippen LogP contribution in [-0.4, -0.2) is 86.0 Å². The maximum Gasteiger partial charge on any atom is 0.317 e. The quantitative estimate of drug-likeness (QED) is 0.621. The third kappa shape index (κ3) is 5.27.